The fourth-order valence-corrected chi connectivity index (χ4v) is 3.24. The van der Waals surface area contributed by atoms with Gasteiger partial charge in [0.25, 0.3) is 0 Å². The number of nitrogens with zero attached hydrogens (tertiary/aromatic N) is 1. The van der Waals surface area contributed by atoms with Crippen LogP contribution in [0.25, 0.3) is 0 Å². The van der Waals surface area contributed by atoms with Crippen LogP contribution in [0.5, 0.6) is 0 Å². The Labute approximate surface area is 115 Å². The average molecular weight is 266 g/mol. The number of carbonyl (C=O) groups excluding carboxylic acids is 2. The molecule has 2 rings (SSSR count). The van der Waals surface area contributed by atoms with Gasteiger partial charge >= 0.3 is 0 Å². The Bertz CT molecular complexity index is 359. The third kappa shape index (κ3) is 3.10. The Morgan fingerprint density at radius 2 is 1.84 bits per heavy atom. The molecule has 1 aliphatic carbocycles. The van der Waals surface area contributed by atoms with Gasteiger partial charge in [-0.15, -0.1) is 0 Å². The van der Waals surface area contributed by atoms with Crippen molar-refractivity contribution in [3.63, 3.8) is 0 Å². The molecule has 1 heterocycles. The van der Waals surface area contributed by atoms with Crippen molar-refractivity contribution >= 4 is 11.8 Å². The van der Waals surface area contributed by atoms with Gasteiger partial charge in [-0.05, 0) is 33.1 Å². The van der Waals surface area contributed by atoms with Gasteiger partial charge in [-0.2, -0.15) is 0 Å². The quantitative estimate of drug-likeness (QED) is 0.850. The predicted molar refractivity (Wildman–Crippen MR) is 74.6 cm³/mol. The lowest BCUT2D eigenvalue weighted by Gasteiger charge is -2.42. The minimum atomic E-state index is -0.754. The number of hydrogen-bond donors (Lipinski definition) is 1. The van der Waals surface area contributed by atoms with Crippen LogP contribution in [0.15, 0.2) is 0 Å². The normalized spacial score (nSPS) is 28.4. The number of piperazine rings is 1. The Hall–Kier alpha value is -1.06. The van der Waals surface area contributed by atoms with Crippen LogP contribution in [0, 0.1) is 5.92 Å². The third-order valence-electron chi connectivity index (χ3n) is 4.58. The maximum atomic E-state index is 12.4. The molecule has 108 valence electrons. The molecule has 0 aromatic rings. The second-order valence-electron chi connectivity index (χ2n) is 6.58. The molecule has 0 spiro atoms. The van der Waals surface area contributed by atoms with Crippen molar-refractivity contribution in [2.75, 3.05) is 6.54 Å². The van der Waals surface area contributed by atoms with Gasteiger partial charge in [0, 0.05) is 6.54 Å². The summed E-state index contributed by atoms with van der Waals surface area (Å²) in [7, 11) is 0. The average Bonchev–Trinajstić information content (AvgIpc) is 2.37. The summed E-state index contributed by atoms with van der Waals surface area (Å²) in [6, 6.07) is -0.330. The molecule has 4 nitrogen and oxygen atoms in total. The van der Waals surface area contributed by atoms with Gasteiger partial charge in [-0.3, -0.25) is 9.59 Å². The highest BCUT2D eigenvalue weighted by atomic mass is 16.2. The molecule has 1 unspecified atom stereocenters. The summed E-state index contributed by atoms with van der Waals surface area (Å²) in [5, 5.41) is 2.79. The summed E-state index contributed by atoms with van der Waals surface area (Å²) >= 11 is 0. The molecule has 1 N–H and O–H groups in total. The van der Waals surface area contributed by atoms with Gasteiger partial charge in [-0.1, -0.05) is 32.1 Å². The van der Waals surface area contributed by atoms with Crippen molar-refractivity contribution in [1.82, 2.24) is 10.2 Å². The van der Waals surface area contributed by atoms with Crippen LogP contribution in [0.1, 0.15) is 59.3 Å². The molecule has 0 bridgehead atoms. The summed E-state index contributed by atoms with van der Waals surface area (Å²) in [5.41, 5.74) is -0.754. The highest BCUT2D eigenvalue weighted by Crippen LogP contribution is 2.27. The maximum Gasteiger partial charge on any atom is 0.248 e. The predicted octanol–water partition coefficient (Wildman–Crippen LogP) is 2.08. The number of nitrogens with one attached hydrogen (secondary N) is 1. The summed E-state index contributed by atoms with van der Waals surface area (Å²) in [5.74, 6) is 0.755. The van der Waals surface area contributed by atoms with E-state index >= 15 is 0 Å². The van der Waals surface area contributed by atoms with E-state index in [1.54, 1.807) is 18.7 Å². The third-order valence-corrected chi connectivity index (χ3v) is 4.58. The molecule has 2 amide bonds. The first kappa shape index (κ1) is 14.4. The SMILES string of the molecule is CC1C(=O)NC(C)(C)C(=O)N1CCC1CCCCC1. The summed E-state index contributed by atoms with van der Waals surface area (Å²) in [4.78, 5) is 26.1. The van der Waals surface area contributed by atoms with Gasteiger partial charge < -0.3 is 10.2 Å². The molecule has 1 saturated carbocycles. The highest BCUT2D eigenvalue weighted by molar-refractivity contribution is 5.99. The van der Waals surface area contributed by atoms with Gasteiger partial charge in [0.1, 0.15) is 11.6 Å². The van der Waals surface area contributed by atoms with Gasteiger partial charge in [0.2, 0.25) is 11.8 Å². The second kappa shape index (κ2) is 5.51. The Morgan fingerprint density at radius 3 is 2.47 bits per heavy atom. The van der Waals surface area contributed by atoms with Gasteiger partial charge in [0.15, 0.2) is 0 Å². The molecule has 1 atom stereocenters. The first-order chi connectivity index (χ1) is 8.92. The van der Waals surface area contributed by atoms with E-state index in [2.05, 4.69) is 5.32 Å². The zero-order chi connectivity index (χ0) is 14.0. The fraction of sp³-hybridized carbons (Fsp3) is 0.867. The van der Waals surface area contributed by atoms with E-state index in [-0.39, 0.29) is 17.9 Å². The number of carbonyl (C=O) groups is 2. The molecule has 2 fully saturated rings. The summed E-state index contributed by atoms with van der Waals surface area (Å²) in [6.07, 6.45) is 7.60. The summed E-state index contributed by atoms with van der Waals surface area (Å²) < 4.78 is 0. The first-order valence-electron chi connectivity index (χ1n) is 7.55. The second-order valence-corrected chi connectivity index (χ2v) is 6.58. The van der Waals surface area contributed by atoms with E-state index in [0.717, 1.165) is 18.9 Å². The topological polar surface area (TPSA) is 49.4 Å². The number of hydrogen-bond acceptors (Lipinski definition) is 2. The molecule has 4 heteroatoms. The molecule has 0 aromatic carbocycles. The zero-order valence-corrected chi connectivity index (χ0v) is 12.4. The van der Waals surface area contributed by atoms with E-state index in [0.29, 0.717) is 0 Å². The highest BCUT2D eigenvalue weighted by Gasteiger charge is 2.43. The number of amides is 2. The minimum Gasteiger partial charge on any atom is -0.340 e. The monoisotopic (exact) mass is 266 g/mol. The van der Waals surface area contributed by atoms with Crippen LogP contribution in [0.3, 0.4) is 0 Å². The lowest BCUT2D eigenvalue weighted by atomic mass is 9.86. The Morgan fingerprint density at radius 1 is 1.21 bits per heavy atom. The van der Waals surface area contributed by atoms with Crippen LogP contribution in [-0.2, 0) is 9.59 Å². The van der Waals surface area contributed by atoms with Gasteiger partial charge in [-0.25, -0.2) is 0 Å². The summed E-state index contributed by atoms with van der Waals surface area (Å²) in [6.45, 7) is 6.12. The smallest absolute Gasteiger partial charge is 0.248 e. The van der Waals surface area contributed by atoms with E-state index in [1.165, 1.54) is 32.1 Å². The van der Waals surface area contributed by atoms with Crippen LogP contribution in [0.4, 0.5) is 0 Å². The van der Waals surface area contributed by atoms with Crippen molar-refractivity contribution in [3.8, 4) is 0 Å². The molecular weight excluding hydrogens is 240 g/mol. The molecule has 1 saturated heterocycles. The maximum absolute atomic E-state index is 12.4. The van der Waals surface area contributed by atoms with Gasteiger partial charge in [0.05, 0.1) is 0 Å². The molecular formula is C15H26N2O2. The molecule has 2 aliphatic rings. The minimum absolute atomic E-state index is 0.0340. The zero-order valence-electron chi connectivity index (χ0n) is 12.4. The van der Waals surface area contributed by atoms with Crippen molar-refractivity contribution in [2.24, 2.45) is 5.92 Å². The lowest BCUT2D eigenvalue weighted by Crippen LogP contribution is -2.67. The standard InChI is InChI=1S/C15H26N2O2/c1-11-13(18)16-15(2,3)14(19)17(11)10-9-12-7-5-4-6-8-12/h11-12H,4-10H2,1-3H3,(H,16,18). The van der Waals surface area contributed by atoms with E-state index in [9.17, 15) is 9.59 Å². The molecule has 0 radical (unpaired) electrons. The molecule has 0 aromatic heterocycles. The van der Waals surface area contributed by atoms with Crippen molar-refractivity contribution in [1.29, 1.82) is 0 Å². The molecule has 1 aliphatic heterocycles. The van der Waals surface area contributed by atoms with Crippen LogP contribution in [-0.4, -0.2) is 34.8 Å². The largest absolute Gasteiger partial charge is 0.340 e. The van der Waals surface area contributed by atoms with E-state index in [1.807, 2.05) is 6.92 Å². The number of rotatable bonds is 3. The molecule has 19 heavy (non-hydrogen) atoms. The van der Waals surface area contributed by atoms with E-state index < -0.39 is 5.54 Å². The van der Waals surface area contributed by atoms with Crippen LogP contribution in [0.2, 0.25) is 0 Å². The first-order valence-corrected chi connectivity index (χ1v) is 7.55. The Balaban J connectivity index is 1.96. The van der Waals surface area contributed by atoms with Crippen LogP contribution < -0.4 is 5.32 Å². The Kier molecular flexibility index (Phi) is 4.16. The van der Waals surface area contributed by atoms with Crippen molar-refractivity contribution < 1.29 is 9.59 Å². The fourth-order valence-electron chi connectivity index (χ4n) is 3.24. The van der Waals surface area contributed by atoms with E-state index in [4.69, 9.17) is 0 Å². The lowest BCUT2D eigenvalue weighted by molar-refractivity contribution is -0.153. The van der Waals surface area contributed by atoms with Crippen molar-refractivity contribution in [2.45, 2.75) is 70.9 Å². The van der Waals surface area contributed by atoms with Crippen LogP contribution >= 0.6 is 0 Å². The van der Waals surface area contributed by atoms with Crippen molar-refractivity contribution in [3.05, 3.63) is 0 Å².